The Morgan fingerprint density at radius 2 is 2.28 bits per heavy atom. The monoisotopic (exact) mass is 458 g/mol. The van der Waals surface area contributed by atoms with E-state index in [0.29, 0.717) is 30.8 Å². The number of pyridine rings is 1. The summed E-state index contributed by atoms with van der Waals surface area (Å²) < 4.78 is 32.1. The maximum Gasteiger partial charge on any atom is 0.255 e. The van der Waals surface area contributed by atoms with E-state index >= 15 is 0 Å². The highest BCUT2D eigenvalue weighted by Gasteiger charge is 2.29. The van der Waals surface area contributed by atoms with Gasteiger partial charge in [-0.05, 0) is 37.0 Å². The van der Waals surface area contributed by atoms with Crippen LogP contribution in [0.5, 0.6) is 5.75 Å². The Balaban J connectivity index is 1.46. The summed E-state index contributed by atoms with van der Waals surface area (Å²) >= 11 is 1.52. The number of rotatable bonds is 6. The summed E-state index contributed by atoms with van der Waals surface area (Å²) in [7, 11) is 1.59. The lowest BCUT2D eigenvalue weighted by atomic mass is 9.87. The lowest BCUT2D eigenvalue weighted by Gasteiger charge is -2.21. The minimum atomic E-state index is -2.55. The van der Waals surface area contributed by atoms with Crippen LogP contribution in [0.3, 0.4) is 0 Å². The largest absolute Gasteiger partial charge is 0.493 e. The summed E-state index contributed by atoms with van der Waals surface area (Å²) in [5, 5.41) is 10.9. The van der Waals surface area contributed by atoms with E-state index in [0.717, 1.165) is 31.9 Å². The quantitative estimate of drug-likeness (QED) is 0.459. The summed E-state index contributed by atoms with van der Waals surface area (Å²) in [5.74, 6) is 0.642. The Bertz CT molecular complexity index is 1300. The molecule has 0 fully saturated rings. The van der Waals surface area contributed by atoms with Crippen molar-refractivity contribution < 1.29 is 18.3 Å². The van der Waals surface area contributed by atoms with Crippen LogP contribution in [0.4, 0.5) is 20.3 Å². The van der Waals surface area contributed by atoms with Crippen molar-refractivity contribution in [2.75, 3.05) is 19.0 Å². The molecule has 1 atom stereocenters. The molecule has 8 nitrogen and oxygen atoms in total. The van der Waals surface area contributed by atoms with Crippen molar-refractivity contribution in [2.24, 2.45) is 5.92 Å². The smallest absolute Gasteiger partial charge is 0.255 e. The maximum atomic E-state index is 12.4. The molecule has 0 spiro atoms. The van der Waals surface area contributed by atoms with Gasteiger partial charge in [-0.1, -0.05) is 0 Å². The number of aryl methyl sites for hydroxylation is 1. The second-order valence-corrected chi connectivity index (χ2v) is 8.65. The third-order valence-corrected chi connectivity index (χ3v) is 6.78. The topological polar surface area (TPSA) is 93.4 Å². The minimum Gasteiger partial charge on any atom is -0.493 e. The third kappa shape index (κ3) is 3.72. The predicted molar refractivity (Wildman–Crippen MR) is 117 cm³/mol. The Morgan fingerprint density at radius 1 is 1.41 bits per heavy atom. The van der Waals surface area contributed by atoms with E-state index < -0.39 is 13.0 Å². The average molecular weight is 458 g/mol. The number of nitrogens with zero attached hydrogens (tertiary/aromatic N) is 4. The van der Waals surface area contributed by atoms with E-state index in [1.54, 1.807) is 24.0 Å². The molecule has 5 rings (SSSR count). The van der Waals surface area contributed by atoms with Gasteiger partial charge in [-0.25, -0.2) is 23.3 Å². The number of carbonyl (C=O) groups excluding carboxylic acids is 1. The van der Waals surface area contributed by atoms with E-state index in [2.05, 4.69) is 25.7 Å². The van der Waals surface area contributed by atoms with Crippen LogP contribution in [0.25, 0.3) is 15.7 Å². The number of carbonyl (C=O) groups is 1. The summed E-state index contributed by atoms with van der Waals surface area (Å²) in [6, 6.07) is 3.83. The minimum absolute atomic E-state index is 0.317. The number of anilines is 2. The molecule has 0 radical (unpaired) electrons. The van der Waals surface area contributed by atoms with Crippen molar-refractivity contribution in [1.82, 2.24) is 24.9 Å². The van der Waals surface area contributed by atoms with Crippen LogP contribution in [-0.2, 0) is 17.6 Å². The van der Waals surface area contributed by atoms with Crippen LogP contribution in [0.1, 0.15) is 16.9 Å². The van der Waals surface area contributed by atoms with E-state index in [4.69, 9.17) is 4.74 Å². The molecule has 166 valence electrons. The van der Waals surface area contributed by atoms with Crippen LogP contribution >= 0.6 is 11.3 Å². The SMILES string of the molecule is COc1cn2nccc2cc1Nc1ncnc2sc3c(c12)CCC(C(=O)NCC(F)F)C3. The first kappa shape index (κ1) is 20.6. The first-order valence-corrected chi connectivity index (χ1v) is 10.9. The standard InChI is InChI=1S/C21H20F2N6O2S/c1-31-15-9-29-12(4-5-27-29)7-14(15)28-19-18-13-3-2-11(20(30)24-8-17(22)23)6-16(13)32-21(18)26-10-25-19/h4-5,7,9-11,17H,2-3,6,8H2,1H3,(H,24,30)(H,25,26,28). The summed E-state index contributed by atoms with van der Waals surface area (Å²) in [5.41, 5.74) is 2.76. The molecule has 0 saturated heterocycles. The van der Waals surface area contributed by atoms with Gasteiger partial charge in [0.05, 0.1) is 36.4 Å². The zero-order chi connectivity index (χ0) is 22.2. The molecule has 0 aromatic carbocycles. The normalized spacial score (nSPS) is 15.8. The van der Waals surface area contributed by atoms with Crippen LogP contribution in [0.15, 0.2) is 30.9 Å². The fraction of sp³-hybridized carbons (Fsp3) is 0.333. The lowest BCUT2D eigenvalue weighted by Crippen LogP contribution is -2.36. The zero-order valence-corrected chi connectivity index (χ0v) is 18.0. The van der Waals surface area contributed by atoms with Gasteiger partial charge in [-0.2, -0.15) is 5.10 Å². The van der Waals surface area contributed by atoms with Crippen molar-refractivity contribution in [3.63, 3.8) is 0 Å². The first-order valence-electron chi connectivity index (χ1n) is 10.1. The predicted octanol–water partition coefficient (Wildman–Crippen LogP) is 3.58. The molecular weight excluding hydrogens is 438 g/mol. The molecule has 11 heteroatoms. The van der Waals surface area contributed by atoms with E-state index in [1.807, 2.05) is 12.1 Å². The third-order valence-electron chi connectivity index (χ3n) is 5.62. The van der Waals surface area contributed by atoms with Crippen LogP contribution in [0.2, 0.25) is 0 Å². The summed E-state index contributed by atoms with van der Waals surface area (Å²) in [6.45, 7) is -0.614. The molecule has 0 bridgehead atoms. The van der Waals surface area contributed by atoms with Gasteiger partial charge in [0.25, 0.3) is 6.43 Å². The van der Waals surface area contributed by atoms with Crippen molar-refractivity contribution in [3.05, 3.63) is 41.3 Å². The maximum absolute atomic E-state index is 12.4. The molecule has 2 N–H and O–H groups in total. The van der Waals surface area contributed by atoms with Crippen molar-refractivity contribution in [2.45, 2.75) is 25.7 Å². The van der Waals surface area contributed by atoms with Gasteiger partial charge in [0.15, 0.2) is 5.75 Å². The molecule has 1 unspecified atom stereocenters. The number of ether oxygens (including phenoxy) is 1. The summed E-state index contributed by atoms with van der Waals surface area (Å²) in [4.78, 5) is 23.1. The Kier molecular flexibility index (Phi) is 5.33. The number of fused-ring (bicyclic) bond motifs is 4. The van der Waals surface area contributed by atoms with Crippen LogP contribution in [-0.4, -0.2) is 45.6 Å². The molecule has 1 aliphatic rings. The summed E-state index contributed by atoms with van der Waals surface area (Å²) in [6.07, 6.45) is 4.21. The molecule has 0 aliphatic heterocycles. The molecule has 4 aromatic rings. The van der Waals surface area contributed by atoms with Gasteiger partial charge in [-0.15, -0.1) is 11.3 Å². The van der Waals surface area contributed by atoms with Gasteiger partial charge in [-0.3, -0.25) is 4.79 Å². The van der Waals surface area contributed by atoms with E-state index in [-0.39, 0.29) is 11.8 Å². The zero-order valence-electron chi connectivity index (χ0n) is 17.1. The molecule has 1 amide bonds. The number of nitrogens with one attached hydrogen (secondary N) is 2. The fourth-order valence-corrected chi connectivity index (χ4v) is 5.35. The molecule has 1 aliphatic carbocycles. The Hall–Kier alpha value is -3.34. The molecule has 0 saturated carbocycles. The van der Waals surface area contributed by atoms with Crippen LogP contribution < -0.4 is 15.4 Å². The number of halogens is 2. The Morgan fingerprint density at radius 3 is 3.09 bits per heavy atom. The Labute approximate surface area is 185 Å². The number of aromatic nitrogens is 4. The highest BCUT2D eigenvalue weighted by Crippen LogP contribution is 2.41. The number of alkyl halides is 2. The fourth-order valence-electron chi connectivity index (χ4n) is 4.09. The number of thiophene rings is 1. The van der Waals surface area contributed by atoms with E-state index in [1.165, 1.54) is 17.7 Å². The highest BCUT2D eigenvalue weighted by atomic mass is 32.1. The second kappa shape index (κ2) is 8.30. The lowest BCUT2D eigenvalue weighted by molar-refractivity contribution is -0.125. The second-order valence-electron chi connectivity index (χ2n) is 7.56. The molecule has 32 heavy (non-hydrogen) atoms. The number of hydrogen-bond acceptors (Lipinski definition) is 7. The average Bonchev–Trinajstić information content (AvgIpc) is 3.40. The van der Waals surface area contributed by atoms with Crippen molar-refractivity contribution in [3.8, 4) is 5.75 Å². The van der Waals surface area contributed by atoms with Crippen molar-refractivity contribution in [1.29, 1.82) is 0 Å². The van der Waals surface area contributed by atoms with Gasteiger partial charge in [0.1, 0.15) is 17.0 Å². The van der Waals surface area contributed by atoms with Gasteiger partial charge < -0.3 is 15.4 Å². The molecular formula is C21H20F2N6O2S. The number of hydrogen-bond donors (Lipinski definition) is 2. The number of methoxy groups -OCH3 is 1. The highest BCUT2D eigenvalue weighted by molar-refractivity contribution is 7.19. The van der Waals surface area contributed by atoms with Gasteiger partial charge in [0, 0.05) is 17.0 Å². The number of amides is 1. The first-order chi connectivity index (χ1) is 15.5. The van der Waals surface area contributed by atoms with Crippen LogP contribution in [0, 0.1) is 5.92 Å². The van der Waals surface area contributed by atoms with E-state index in [9.17, 15) is 13.6 Å². The molecule has 4 aromatic heterocycles. The van der Waals surface area contributed by atoms with Crippen molar-refractivity contribution >= 4 is 44.5 Å². The van der Waals surface area contributed by atoms with Gasteiger partial charge in [0.2, 0.25) is 5.91 Å². The molecule has 4 heterocycles. The van der Waals surface area contributed by atoms with Gasteiger partial charge >= 0.3 is 0 Å².